The Morgan fingerprint density at radius 1 is 1.43 bits per heavy atom. The van der Waals surface area contributed by atoms with Gasteiger partial charge in [-0.25, -0.2) is 0 Å². The number of carbonyl (C=O) groups excluding carboxylic acids is 1. The number of β-amino-alcohol motifs (C(OH)–C–C–N with tert-alkyl or cyclic N) is 1. The molecule has 0 radical (unpaired) electrons. The van der Waals surface area contributed by atoms with Crippen molar-refractivity contribution >= 4 is 5.91 Å². The number of aliphatic hydroxyl groups excluding tert-OH is 1. The number of benzene rings is 1. The van der Waals surface area contributed by atoms with Crippen molar-refractivity contribution in [3.63, 3.8) is 0 Å². The molecule has 5 nitrogen and oxygen atoms in total. The number of hydrogen-bond donors (Lipinski definition) is 1. The molecule has 2 atom stereocenters. The Bertz CT molecular complexity index is 694. The van der Waals surface area contributed by atoms with Gasteiger partial charge in [0.05, 0.1) is 31.1 Å². The van der Waals surface area contributed by atoms with E-state index in [1.54, 1.807) is 24.3 Å². The number of nitrogens with zero attached hydrogens (tertiary/aromatic N) is 1. The Balaban J connectivity index is 1.92. The fourth-order valence-electron chi connectivity index (χ4n) is 3.16. The zero-order valence-corrected chi connectivity index (χ0v) is 13.4. The van der Waals surface area contributed by atoms with Gasteiger partial charge in [-0.05, 0) is 30.2 Å². The molecule has 0 spiro atoms. The summed E-state index contributed by atoms with van der Waals surface area (Å²) in [6.07, 6.45) is 2.21. The summed E-state index contributed by atoms with van der Waals surface area (Å²) in [5.41, 5.74) is 1.55. The van der Waals surface area contributed by atoms with Crippen LogP contribution in [-0.2, 0) is 6.42 Å². The van der Waals surface area contributed by atoms with E-state index in [9.17, 15) is 9.90 Å². The van der Waals surface area contributed by atoms with Gasteiger partial charge in [0.2, 0.25) is 0 Å². The van der Waals surface area contributed by atoms with Crippen LogP contribution in [0.25, 0.3) is 0 Å². The fraction of sp³-hybridized carbons (Fsp3) is 0.389. The zero-order valence-electron chi connectivity index (χ0n) is 13.4. The van der Waals surface area contributed by atoms with Crippen LogP contribution in [0.2, 0.25) is 0 Å². The smallest absolute Gasteiger partial charge is 0.258 e. The van der Waals surface area contributed by atoms with Gasteiger partial charge in [0.15, 0.2) is 0 Å². The van der Waals surface area contributed by atoms with E-state index in [-0.39, 0.29) is 11.9 Å². The number of hydrogen-bond acceptors (Lipinski definition) is 4. The van der Waals surface area contributed by atoms with Gasteiger partial charge >= 0.3 is 0 Å². The van der Waals surface area contributed by atoms with Crippen LogP contribution in [0.3, 0.4) is 0 Å². The normalized spacial score (nSPS) is 20.7. The summed E-state index contributed by atoms with van der Waals surface area (Å²) in [4.78, 5) is 14.6. The van der Waals surface area contributed by atoms with Gasteiger partial charge < -0.3 is 19.2 Å². The third kappa shape index (κ3) is 2.97. The molecule has 0 unspecified atom stereocenters. The Kier molecular flexibility index (Phi) is 4.39. The number of carbonyl (C=O) groups is 1. The van der Waals surface area contributed by atoms with Gasteiger partial charge in [-0.1, -0.05) is 19.1 Å². The van der Waals surface area contributed by atoms with Crippen molar-refractivity contribution in [3.05, 3.63) is 53.5 Å². The van der Waals surface area contributed by atoms with Gasteiger partial charge in [-0.15, -0.1) is 0 Å². The Hall–Kier alpha value is -2.27. The summed E-state index contributed by atoms with van der Waals surface area (Å²) in [5, 5.41) is 10.1. The lowest BCUT2D eigenvalue weighted by molar-refractivity contribution is 0.0713. The molecule has 3 rings (SSSR count). The summed E-state index contributed by atoms with van der Waals surface area (Å²) in [6, 6.07) is 9.19. The van der Waals surface area contributed by atoms with Crippen molar-refractivity contribution in [1.29, 1.82) is 0 Å². The van der Waals surface area contributed by atoms with Crippen LogP contribution in [0.5, 0.6) is 5.75 Å². The van der Waals surface area contributed by atoms with Crippen LogP contribution >= 0.6 is 0 Å². The summed E-state index contributed by atoms with van der Waals surface area (Å²) in [7, 11) is 1.62. The van der Waals surface area contributed by atoms with Crippen molar-refractivity contribution < 1.29 is 19.1 Å². The molecule has 1 saturated heterocycles. The third-order valence-corrected chi connectivity index (χ3v) is 4.32. The lowest BCUT2D eigenvalue weighted by Crippen LogP contribution is -2.32. The SMILES string of the molecule is CCc1occc1C(=O)N1C[C@@H](O)C[C@@H]1c1cccc(OC)c1. The average molecular weight is 315 g/mol. The minimum Gasteiger partial charge on any atom is -0.497 e. The number of likely N-dealkylation sites (tertiary alicyclic amines) is 1. The van der Waals surface area contributed by atoms with Crippen LogP contribution in [0.4, 0.5) is 0 Å². The molecular weight excluding hydrogens is 294 g/mol. The molecule has 23 heavy (non-hydrogen) atoms. The Morgan fingerprint density at radius 2 is 2.26 bits per heavy atom. The highest BCUT2D eigenvalue weighted by molar-refractivity contribution is 5.95. The van der Waals surface area contributed by atoms with Gasteiger partial charge in [-0.2, -0.15) is 0 Å². The van der Waals surface area contributed by atoms with Crippen molar-refractivity contribution in [2.24, 2.45) is 0 Å². The minimum absolute atomic E-state index is 0.0973. The third-order valence-electron chi connectivity index (χ3n) is 4.32. The molecule has 0 bridgehead atoms. The van der Waals surface area contributed by atoms with E-state index in [0.29, 0.717) is 30.7 Å². The number of aryl methyl sites for hydroxylation is 1. The number of ether oxygens (including phenoxy) is 1. The quantitative estimate of drug-likeness (QED) is 0.942. The van der Waals surface area contributed by atoms with Crippen LogP contribution < -0.4 is 4.74 Å². The summed E-state index contributed by atoms with van der Waals surface area (Å²) < 4.78 is 10.6. The molecule has 2 heterocycles. The van der Waals surface area contributed by atoms with Gasteiger partial charge in [-0.3, -0.25) is 4.79 Å². The van der Waals surface area contributed by atoms with Crippen molar-refractivity contribution in [3.8, 4) is 5.75 Å². The van der Waals surface area contributed by atoms with Crippen LogP contribution in [0.15, 0.2) is 41.0 Å². The number of methoxy groups -OCH3 is 1. The van der Waals surface area contributed by atoms with Gasteiger partial charge in [0.25, 0.3) is 5.91 Å². The Morgan fingerprint density at radius 3 is 3.00 bits per heavy atom. The molecule has 122 valence electrons. The zero-order chi connectivity index (χ0) is 16.4. The first kappa shape index (κ1) is 15.6. The number of aliphatic hydroxyl groups is 1. The Labute approximate surface area is 135 Å². The number of furan rings is 1. The van der Waals surface area contributed by atoms with Gasteiger partial charge in [0, 0.05) is 13.0 Å². The second-order valence-corrected chi connectivity index (χ2v) is 5.75. The topological polar surface area (TPSA) is 62.9 Å². The molecular formula is C18H21NO4. The predicted octanol–water partition coefficient (Wildman–Crippen LogP) is 2.80. The minimum atomic E-state index is -0.521. The maximum absolute atomic E-state index is 12.9. The van der Waals surface area contributed by atoms with Gasteiger partial charge in [0.1, 0.15) is 11.5 Å². The lowest BCUT2D eigenvalue weighted by atomic mass is 10.0. The van der Waals surface area contributed by atoms with E-state index in [1.165, 1.54) is 0 Å². The first-order valence-corrected chi connectivity index (χ1v) is 7.83. The van der Waals surface area contributed by atoms with Crippen LogP contribution in [-0.4, -0.2) is 35.7 Å². The van der Waals surface area contributed by atoms with E-state index in [2.05, 4.69) is 0 Å². The fourth-order valence-corrected chi connectivity index (χ4v) is 3.16. The molecule has 1 fully saturated rings. The molecule has 1 amide bonds. The average Bonchev–Trinajstić information content (AvgIpc) is 3.20. The highest BCUT2D eigenvalue weighted by Crippen LogP contribution is 2.35. The molecule has 1 aliphatic heterocycles. The maximum atomic E-state index is 12.9. The van der Waals surface area contributed by atoms with E-state index in [0.717, 1.165) is 11.3 Å². The predicted molar refractivity (Wildman–Crippen MR) is 85.5 cm³/mol. The lowest BCUT2D eigenvalue weighted by Gasteiger charge is -2.25. The molecule has 0 aliphatic carbocycles. The van der Waals surface area contributed by atoms with Crippen LogP contribution in [0.1, 0.15) is 41.1 Å². The first-order valence-electron chi connectivity index (χ1n) is 7.83. The molecule has 1 aromatic carbocycles. The molecule has 2 aromatic rings. The molecule has 5 heteroatoms. The first-order chi connectivity index (χ1) is 11.1. The van der Waals surface area contributed by atoms with E-state index < -0.39 is 6.10 Å². The second-order valence-electron chi connectivity index (χ2n) is 5.75. The highest BCUT2D eigenvalue weighted by Gasteiger charge is 2.36. The van der Waals surface area contributed by atoms with E-state index >= 15 is 0 Å². The van der Waals surface area contributed by atoms with Crippen LogP contribution in [0, 0.1) is 0 Å². The maximum Gasteiger partial charge on any atom is 0.258 e. The molecule has 1 aromatic heterocycles. The second kappa shape index (κ2) is 6.46. The van der Waals surface area contributed by atoms with E-state index in [1.807, 2.05) is 31.2 Å². The summed E-state index contributed by atoms with van der Waals surface area (Å²) in [6.45, 7) is 2.28. The molecule has 0 saturated carbocycles. The van der Waals surface area contributed by atoms with Crippen molar-refractivity contribution in [1.82, 2.24) is 4.90 Å². The molecule has 1 N–H and O–H groups in total. The highest BCUT2D eigenvalue weighted by atomic mass is 16.5. The van der Waals surface area contributed by atoms with Crippen molar-refractivity contribution in [2.45, 2.75) is 31.9 Å². The molecule has 1 aliphatic rings. The monoisotopic (exact) mass is 315 g/mol. The van der Waals surface area contributed by atoms with Crippen molar-refractivity contribution in [2.75, 3.05) is 13.7 Å². The number of amides is 1. The standard InChI is InChI=1S/C18H21NO4/c1-3-17-15(7-8-23-17)18(21)19-11-13(20)10-16(19)12-5-4-6-14(9-12)22-2/h4-9,13,16,20H,3,10-11H2,1-2H3/t13-,16+/m0/s1. The largest absolute Gasteiger partial charge is 0.497 e. The summed E-state index contributed by atoms with van der Waals surface area (Å²) >= 11 is 0. The van der Waals surface area contributed by atoms with E-state index in [4.69, 9.17) is 9.15 Å². The summed E-state index contributed by atoms with van der Waals surface area (Å²) in [5.74, 6) is 1.33. The number of rotatable bonds is 4.